The van der Waals surface area contributed by atoms with E-state index in [0.717, 1.165) is 32.5 Å². The highest BCUT2D eigenvalue weighted by Crippen LogP contribution is 2.20. The monoisotopic (exact) mass is 470 g/mol. The van der Waals surface area contributed by atoms with Crippen LogP contribution in [0.4, 0.5) is 0 Å². The van der Waals surface area contributed by atoms with Crippen LogP contribution in [-0.4, -0.2) is 24.1 Å². The van der Waals surface area contributed by atoms with Gasteiger partial charge < -0.3 is 10.6 Å². The lowest BCUT2D eigenvalue weighted by Crippen LogP contribution is -2.35. The molecular formula is C24H23ClN2O2S2. The van der Waals surface area contributed by atoms with Crippen molar-refractivity contribution in [3.63, 3.8) is 0 Å². The van der Waals surface area contributed by atoms with Crippen molar-refractivity contribution in [2.75, 3.05) is 12.3 Å². The maximum absolute atomic E-state index is 12.8. The molecule has 3 aromatic rings. The van der Waals surface area contributed by atoms with E-state index in [-0.39, 0.29) is 17.5 Å². The van der Waals surface area contributed by atoms with Crippen LogP contribution in [0.5, 0.6) is 0 Å². The SMILES string of the molecule is Cc1cccc(C(=O)N/C(=C\c2cccs2)C(=O)NCCSCc2ccccc2Cl)c1. The zero-order valence-electron chi connectivity index (χ0n) is 17.1. The molecule has 0 spiro atoms. The molecule has 0 radical (unpaired) electrons. The summed E-state index contributed by atoms with van der Waals surface area (Å²) in [6, 6.07) is 18.8. The Labute approximate surface area is 195 Å². The normalized spacial score (nSPS) is 11.2. The van der Waals surface area contributed by atoms with Crippen LogP contribution in [0.3, 0.4) is 0 Å². The van der Waals surface area contributed by atoms with Crippen molar-refractivity contribution in [2.45, 2.75) is 12.7 Å². The Hall–Kier alpha value is -2.54. The van der Waals surface area contributed by atoms with Crippen LogP contribution in [0, 0.1) is 6.92 Å². The summed E-state index contributed by atoms with van der Waals surface area (Å²) in [7, 11) is 0. The second-order valence-corrected chi connectivity index (χ2v) is 9.29. The van der Waals surface area contributed by atoms with Gasteiger partial charge in [-0.2, -0.15) is 11.8 Å². The van der Waals surface area contributed by atoms with Gasteiger partial charge in [0.25, 0.3) is 11.8 Å². The summed E-state index contributed by atoms with van der Waals surface area (Å²) in [4.78, 5) is 26.3. The van der Waals surface area contributed by atoms with Gasteiger partial charge in [-0.1, -0.05) is 53.6 Å². The number of nitrogens with one attached hydrogen (secondary N) is 2. The van der Waals surface area contributed by atoms with Crippen molar-refractivity contribution in [3.8, 4) is 0 Å². The third kappa shape index (κ3) is 7.28. The predicted molar refractivity (Wildman–Crippen MR) is 132 cm³/mol. The number of hydrogen-bond donors (Lipinski definition) is 2. The van der Waals surface area contributed by atoms with Gasteiger partial charge in [0.05, 0.1) is 0 Å². The predicted octanol–water partition coefficient (Wildman–Crippen LogP) is 5.53. The molecule has 0 aliphatic heterocycles. The average molecular weight is 471 g/mol. The first-order valence-electron chi connectivity index (χ1n) is 9.75. The minimum Gasteiger partial charge on any atom is -0.350 e. The molecule has 1 heterocycles. The molecule has 0 saturated heterocycles. The zero-order valence-corrected chi connectivity index (χ0v) is 19.4. The highest BCUT2D eigenvalue weighted by Gasteiger charge is 2.15. The topological polar surface area (TPSA) is 58.2 Å². The summed E-state index contributed by atoms with van der Waals surface area (Å²) in [6.45, 7) is 2.40. The van der Waals surface area contributed by atoms with Gasteiger partial charge in [0.1, 0.15) is 5.70 Å². The lowest BCUT2D eigenvalue weighted by Gasteiger charge is -2.11. The molecule has 0 unspecified atom stereocenters. The summed E-state index contributed by atoms with van der Waals surface area (Å²) in [5, 5.41) is 8.33. The quantitative estimate of drug-likeness (QED) is 0.319. The lowest BCUT2D eigenvalue weighted by atomic mass is 10.1. The first kappa shape index (κ1) is 23.1. The zero-order chi connectivity index (χ0) is 22.1. The van der Waals surface area contributed by atoms with Gasteiger partial charge in [0.2, 0.25) is 0 Å². The van der Waals surface area contributed by atoms with Gasteiger partial charge in [0, 0.05) is 33.5 Å². The molecule has 3 rings (SSSR count). The number of hydrogen-bond acceptors (Lipinski definition) is 4. The Morgan fingerprint density at radius 3 is 2.68 bits per heavy atom. The molecule has 2 N–H and O–H groups in total. The summed E-state index contributed by atoms with van der Waals surface area (Å²) >= 11 is 9.36. The second kappa shape index (κ2) is 11.7. The minimum absolute atomic E-state index is 0.227. The van der Waals surface area contributed by atoms with Crippen LogP contribution in [0.1, 0.15) is 26.4 Å². The summed E-state index contributed by atoms with van der Waals surface area (Å²) in [6.07, 6.45) is 1.70. The Bertz CT molecular complexity index is 1060. The maximum atomic E-state index is 12.8. The molecule has 0 atom stereocenters. The fraction of sp³-hybridized carbons (Fsp3) is 0.167. The lowest BCUT2D eigenvalue weighted by molar-refractivity contribution is -0.117. The Balaban J connectivity index is 1.58. The fourth-order valence-electron chi connectivity index (χ4n) is 2.78. The number of thioether (sulfide) groups is 1. The van der Waals surface area contributed by atoms with Gasteiger partial charge in [-0.05, 0) is 48.2 Å². The number of amides is 2. The molecule has 0 bridgehead atoms. The van der Waals surface area contributed by atoms with Crippen molar-refractivity contribution >= 4 is 52.6 Å². The van der Waals surface area contributed by atoms with E-state index in [9.17, 15) is 9.59 Å². The summed E-state index contributed by atoms with van der Waals surface area (Å²) in [5.74, 6) is 0.884. The van der Waals surface area contributed by atoms with E-state index < -0.39 is 0 Å². The molecule has 0 saturated carbocycles. The number of carbonyl (C=O) groups is 2. The molecule has 0 aliphatic rings. The first-order valence-corrected chi connectivity index (χ1v) is 12.2. The van der Waals surface area contributed by atoms with E-state index in [1.165, 1.54) is 11.3 Å². The van der Waals surface area contributed by atoms with Crippen LogP contribution in [0.2, 0.25) is 5.02 Å². The number of carbonyl (C=O) groups excluding carboxylic acids is 2. The van der Waals surface area contributed by atoms with E-state index in [4.69, 9.17) is 11.6 Å². The van der Waals surface area contributed by atoms with E-state index >= 15 is 0 Å². The maximum Gasteiger partial charge on any atom is 0.267 e. The van der Waals surface area contributed by atoms with Crippen molar-refractivity contribution < 1.29 is 9.59 Å². The van der Waals surface area contributed by atoms with E-state index in [0.29, 0.717) is 12.1 Å². The molecule has 160 valence electrons. The molecular weight excluding hydrogens is 448 g/mol. The smallest absolute Gasteiger partial charge is 0.267 e. The van der Waals surface area contributed by atoms with Crippen LogP contribution < -0.4 is 10.6 Å². The van der Waals surface area contributed by atoms with Crippen molar-refractivity contribution in [3.05, 3.63) is 98.3 Å². The molecule has 4 nitrogen and oxygen atoms in total. The summed E-state index contributed by atoms with van der Waals surface area (Å²) < 4.78 is 0. The standard InChI is InChI=1S/C24H23ClN2O2S2/c1-17-6-4-8-18(14-17)23(28)27-22(15-20-9-5-12-31-20)24(29)26-11-13-30-16-19-7-2-3-10-21(19)25/h2-10,12,14-15H,11,13,16H2,1H3,(H,26,29)(H,27,28)/b22-15-. The van der Waals surface area contributed by atoms with Gasteiger partial charge >= 0.3 is 0 Å². The van der Waals surface area contributed by atoms with Gasteiger partial charge in [-0.15, -0.1) is 11.3 Å². The van der Waals surface area contributed by atoms with Crippen LogP contribution in [-0.2, 0) is 10.5 Å². The molecule has 0 aliphatic carbocycles. The third-order valence-corrected chi connectivity index (χ3v) is 6.55. The largest absolute Gasteiger partial charge is 0.350 e. The molecule has 2 amide bonds. The Morgan fingerprint density at radius 2 is 1.94 bits per heavy atom. The summed E-state index contributed by atoms with van der Waals surface area (Å²) in [5.41, 5.74) is 2.80. The number of halogens is 1. The molecule has 2 aromatic carbocycles. The van der Waals surface area contributed by atoms with E-state index in [2.05, 4.69) is 10.6 Å². The van der Waals surface area contributed by atoms with Crippen molar-refractivity contribution in [1.29, 1.82) is 0 Å². The van der Waals surface area contributed by atoms with Crippen molar-refractivity contribution in [1.82, 2.24) is 10.6 Å². The van der Waals surface area contributed by atoms with E-state index in [1.54, 1.807) is 30.0 Å². The molecule has 31 heavy (non-hydrogen) atoms. The third-order valence-electron chi connectivity index (χ3n) is 4.35. The van der Waals surface area contributed by atoms with Gasteiger partial charge in [-0.3, -0.25) is 9.59 Å². The van der Waals surface area contributed by atoms with E-state index in [1.807, 2.05) is 60.8 Å². The van der Waals surface area contributed by atoms with Gasteiger partial charge in [-0.25, -0.2) is 0 Å². The number of benzene rings is 2. The minimum atomic E-state index is -0.312. The second-order valence-electron chi connectivity index (χ2n) is 6.80. The van der Waals surface area contributed by atoms with Gasteiger partial charge in [0.15, 0.2) is 0 Å². The first-order chi connectivity index (χ1) is 15.0. The molecule has 7 heteroatoms. The van der Waals surface area contributed by atoms with Crippen LogP contribution in [0.25, 0.3) is 6.08 Å². The Morgan fingerprint density at radius 1 is 1.10 bits per heavy atom. The van der Waals surface area contributed by atoms with Crippen molar-refractivity contribution in [2.24, 2.45) is 0 Å². The highest BCUT2D eigenvalue weighted by atomic mass is 35.5. The van der Waals surface area contributed by atoms with Crippen LogP contribution >= 0.6 is 34.7 Å². The average Bonchev–Trinajstić information content (AvgIpc) is 3.27. The fourth-order valence-corrected chi connectivity index (χ4v) is 4.59. The molecule has 0 fully saturated rings. The number of rotatable bonds is 9. The number of thiophene rings is 1. The van der Waals surface area contributed by atoms with Crippen LogP contribution in [0.15, 0.2) is 71.7 Å². The highest BCUT2D eigenvalue weighted by molar-refractivity contribution is 7.98. The molecule has 1 aromatic heterocycles. The number of aryl methyl sites for hydroxylation is 1. The Kier molecular flexibility index (Phi) is 8.76.